The molecule has 19 heavy (non-hydrogen) atoms. The molecule has 0 aliphatic carbocycles. The van der Waals surface area contributed by atoms with Gasteiger partial charge in [-0.3, -0.25) is 9.25 Å². The van der Waals surface area contributed by atoms with Crippen molar-refractivity contribution in [1.82, 2.24) is 20.0 Å². The van der Waals surface area contributed by atoms with Crippen LogP contribution in [0.3, 0.4) is 0 Å². The summed E-state index contributed by atoms with van der Waals surface area (Å²) in [5.41, 5.74) is 0.575. The normalized spacial score (nSPS) is 11.7. The van der Waals surface area contributed by atoms with Crippen LogP contribution in [0.4, 0.5) is 4.39 Å². The molecule has 9 heteroatoms. The minimum Gasteiger partial charge on any atom is -0.324 e. The number of rotatable bonds is 5. The van der Waals surface area contributed by atoms with E-state index >= 15 is 0 Å². The van der Waals surface area contributed by atoms with Crippen molar-refractivity contribution >= 4 is 7.60 Å². The maximum Gasteiger partial charge on any atom is 0.325 e. The first-order valence-electron chi connectivity index (χ1n) is 5.51. The van der Waals surface area contributed by atoms with Crippen molar-refractivity contribution in [3.8, 4) is 11.3 Å². The number of nitrogens with zero attached hydrogens (tertiary/aromatic N) is 4. The Bertz CT molecular complexity index is 612. The third kappa shape index (κ3) is 3.92. The summed E-state index contributed by atoms with van der Waals surface area (Å²) < 4.78 is 25.5. The Morgan fingerprint density at radius 3 is 2.89 bits per heavy atom. The SMILES string of the molecule is O=P(O)(O)CCCn1cc(-c2cccnc2F)nn1. The van der Waals surface area contributed by atoms with Crippen molar-refractivity contribution in [3.05, 3.63) is 30.5 Å². The van der Waals surface area contributed by atoms with Crippen LogP contribution in [0.25, 0.3) is 11.3 Å². The fraction of sp³-hybridized carbons (Fsp3) is 0.300. The zero-order valence-electron chi connectivity index (χ0n) is 9.85. The summed E-state index contributed by atoms with van der Waals surface area (Å²) in [6.45, 7) is 0.306. The topological polar surface area (TPSA) is 101 Å². The van der Waals surface area contributed by atoms with Crippen LogP contribution >= 0.6 is 7.60 Å². The average Bonchev–Trinajstić information content (AvgIpc) is 2.76. The monoisotopic (exact) mass is 286 g/mol. The molecule has 0 atom stereocenters. The van der Waals surface area contributed by atoms with Gasteiger partial charge in [0.1, 0.15) is 5.69 Å². The summed E-state index contributed by atoms with van der Waals surface area (Å²) in [6, 6.07) is 3.12. The van der Waals surface area contributed by atoms with Crippen LogP contribution < -0.4 is 0 Å². The summed E-state index contributed by atoms with van der Waals surface area (Å²) in [5, 5.41) is 7.57. The van der Waals surface area contributed by atoms with Gasteiger partial charge in [0.25, 0.3) is 0 Å². The van der Waals surface area contributed by atoms with E-state index in [4.69, 9.17) is 9.79 Å². The van der Waals surface area contributed by atoms with Crippen LogP contribution in [0.1, 0.15) is 6.42 Å². The van der Waals surface area contributed by atoms with Crippen molar-refractivity contribution < 1.29 is 18.7 Å². The highest BCUT2D eigenvalue weighted by Gasteiger charge is 2.13. The zero-order chi connectivity index (χ0) is 13.9. The molecule has 2 aromatic heterocycles. The predicted molar refractivity (Wildman–Crippen MR) is 64.7 cm³/mol. The van der Waals surface area contributed by atoms with Crippen LogP contribution in [0.5, 0.6) is 0 Å². The number of aromatic nitrogens is 4. The van der Waals surface area contributed by atoms with Crippen LogP contribution in [0, 0.1) is 5.95 Å². The van der Waals surface area contributed by atoms with Crippen LogP contribution in [-0.2, 0) is 11.1 Å². The molecular weight excluding hydrogens is 274 g/mol. The van der Waals surface area contributed by atoms with Gasteiger partial charge >= 0.3 is 7.60 Å². The van der Waals surface area contributed by atoms with Crippen molar-refractivity contribution in [3.63, 3.8) is 0 Å². The first kappa shape index (κ1) is 13.8. The minimum absolute atomic E-state index is 0.219. The van der Waals surface area contributed by atoms with E-state index in [-0.39, 0.29) is 18.1 Å². The summed E-state index contributed by atoms with van der Waals surface area (Å²) in [6.07, 6.45) is 2.90. The molecule has 0 aliphatic rings. The molecule has 0 saturated carbocycles. The maximum atomic E-state index is 13.4. The van der Waals surface area contributed by atoms with E-state index in [1.54, 1.807) is 6.07 Å². The second-order valence-corrected chi connectivity index (χ2v) is 5.73. The molecule has 0 saturated heterocycles. The smallest absolute Gasteiger partial charge is 0.324 e. The van der Waals surface area contributed by atoms with Crippen molar-refractivity contribution in [2.24, 2.45) is 0 Å². The molecule has 0 fully saturated rings. The van der Waals surface area contributed by atoms with Crippen LogP contribution in [0.2, 0.25) is 0 Å². The van der Waals surface area contributed by atoms with E-state index in [1.165, 1.54) is 23.1 Å². The Kier molecular flexibility index (Phi) is 4.04. The second-order valence-electron chi connectivity index (χ2n) is 3.95. The Labute approximate surface area is 108 Å². The Balaban J connectivity index is 2.04. The van der Waals surface area contributed by atoms with Crippen molar-refractivity contribution in [2.75, 3.05) is 6.16 Å². The maximum absolute atomic E-state index is 13.4. The summed E-state index contributed by atoms with van der Waals surface area (Å²) in [7, 11) is -3.99. The van der Waals surface area contributed by atoms with Gasteiger partial charge in [0.2, 0.25) is 5.95 Å². The van der Waals surface area contributed by atoms with E-state index in [0.29, 0.717) is 12.2 Å². The molecule has 2 rings (SSSR count). The minimum atomic E-state index is -3.99. The molecular formula is C10H12FN4O3P. The third-order valence-corrected chi connectivity index (χ3v) is 3.31. The number of hydrogen-bond acceptors (Lipinski definition) is 4. The molecule has 0 unspecified atom stereocenters. The molecule has 7 nitrogen and oxygen atoms in total. The highest BCUT2D eigenvalue weighted by molar-refractivity contribution is 7.51. The Hall–Kier alpha value is -1.63. The molecule has 0 aliphatic heterocycles. The highest BCUT2D eigenvalue weighted by Crippen LogP contribution is 2.34. The van der Waals surface area contributed by atoms with Gasteiger partial charge in [0, 0.05) is 12.7 Å². The fourth-order valence-corrected chi connectivity index (χ4v) is 2.10. The number of aryl methyl sites for hydroxylation is 1. The lowest BCUT2D eigenvalue weighted by molar-refractivity contribution is 0.369. The summed E-state index contributed by atoms with van der Waals surface area (Å²) >= 11 is 0. The number of halogens is 1. The quantitative estimate of drug-likeness (QED) is 0.629. The molecule has 0 radical (unpaired) electrons. The van der Waals surface area contributed by atoms with E-state index in [9.17, 15) is 8.96 Å². The van der Waals surface area contributed by atoms with Crippen molar-refractivity contribution in [1.29, 1.82) is 0 Å². The average molecular weight is 286 g/mol. The molecule has 0 spiro atoms. The summed E-state index contributed by atoms with van der Waals surface area (Å²) in [4.78, 5) is 21.0. The zero-order valence-corrected chi connectivity index (χ0v) is 10.7. The van der Waals surface area contributed by atoms with Gasteiger partial charge in [-0.2, -0.15) is 4.39 Å². The fourth-order valence-electron chi connectivity index (χ4n) is 1.55. The molecule has 0 aromatic carbocycles. The molecule has 0 bridgehead atoms. The van der Waals surface area contributed by atoms with Crippen LogP contribution in [-0.4, -0.2) is 35.9 Å². The molecule has 2 aromatic rings. The predicted octanol–water partition coefficient (Wildman–Crippen LogP) is 1.05. The standard InChI is InChI=1S/C10H12FN4O3P/c11-10-8(3-1-4-12-10)9-7-15(14-13-9)5-2-6-19(16,17)18/h1,3-4,7H,2,5-6H2,(H2,16,17,18). The molecule has 0 amide bonds. The number of hydrogen-bond donors (Lipinski definition) is 2. The lowest BCUT2D eigenvalue weighted by atomic mass is 10.2. The van der Waals surface area contributed by atoms with Gasteiger partial charge in [-0.15, -0.1) is 5.10 Å². The Morgan fingerprint density at radius 2 is 2.21 bits per heavy atom. The first-order valence-corrected chi connectivity index (χ1v) is 7.31. The van der Waals surface area contributed by atoms with E-state index in [1.807, 2.05) is 0 Å². The van der Waals surface area contributed by atoms with Gasteiger partial charge in [-0.25, -0.2) is 4.98 Å². The second kappa shape index (κ2) is 5.56. The van der Waals surface area contributed by atoms with Gasteiger partial charge in [-0.05, 0) is 18.6 Å². The highest BCUT2D eigenvalue weighted by atomic mass is 31.2. The molecule has 2 N–H and O–H groups in total. The molecule has 2 heterocycles. The van der Waals surface area contributed by atoms with Crippen molar-refractivity contribution in [2.45, 2.75) is 13.0 Å². The third-order valence-electron chi connectivity index (χ3n) is 2.41. The van der Waals surface area contributed by atoms with Gasteiger partial charge in [-0.1, -0.05) is 5.21 Å². The largest absolute Gasteiger partial charge is 0.325 e. The first-order chi connectivity index (χ1) is 8.96. The lowest BCUT2D eigenvalue weighted by Gasteiger charge is -2.02. The molecule has 102 valence electrons. The van der Waals surface area contributed by atoms with Gasteiger partial charge in [0.15, 0.2) is 0 Å². The van der Waals surface area contributed by atoms with E-state index < -0.39 is 13.5 Å². The van der Waals surface area contributed by atoms with E-state index in [2.05, 4.69) is 15.3 Å². The van der Waals surface area contributed by atoms with Gasteiger partial charge in [0.05, 0.1) is 17.9 Å². The number of pyridine rings is 1. The lowest BCUT2D eigenvalue weighted by Crippen LogP contribution is -2.01. The Morgan fingerprint density at radius 1 is 1.42 bits per heavy atom. The summed E-state index contributed by atoms with van der Waals surface area (Å²) in [5.74, 6) is -0.634. The van der Waals surface area contributed by atoms with E-state index in [0.717, 1.165) is 0 Å². The van der Waals surface area contributed by atoms with Gasteiger partial charge < -0.3 is 9.79 Å². The van der Waals surface area contributed by atoms with Crippen LogP contribution in [0.15, 0.2) is 24.5 Å².